The fourth-order valence-corrected chi connectivity index (χ4v) is 4.91. The van der Waals surface area contributed by atoms with E-state index < -0.39 is 0 Å². The summed E-state index contributed by atoms with van der Waals surface area (Å²) in [6.45, 7) is 0. The highest BCUT2D eigenvalue weighted by Crippen LogP contribution is 2.48. The Bertz CT molecular complexity index is 1240. The molecule has 6 aromatic carbocycles. The van der Waals surface area contributed by atoms with Crippen molar-refractivity contribution < 1.29 is 0 Å². The molecule has 0 spiro atoms. The second-order valence-electron chi connectivity index (χ2n) is 5.94. The van der Waals surface area contributed by atoms with Gasteiger partial charge < -0.3 is 0 Å². The molecular weight excluding hydrogens is 367 g/mol. The van der Waals surface area contributed by atoms with Gasteiger partial charge in [0.15, 0.2) is 0 Å². The Morgan fingerprint density at radius 1 is 0.476 bits per heavy atom. The molecule has 0 atom stereocenters. The van der Waals surface area contributed by atoms with Crippen molar-refractivity contribution in [2.75, 3.05) is 0 Å². The molecule has 21 heavy (non-hydrogen) atoms. The minimum Gasteiger partial charge on any atom is -0.0537 e. The summed E-state index contributed by atoms with van der Waals surface area (Å²) < 4.78 is 1.35. The molecule has 0 aliphatic carbocycles. The van der Waals surface area contributed by atoms with Crippen LogP contribution in [0.25, 0.3) is 53.9 Å². The predicted octanol–water partition coefficient (Wildman–Crippen LogP) is 6.37. The highest BCUT2D eigenvalue weighted by atomic mass is 127. The van der Waals surface area contributed by atoms with Gasteiger partial charge in [0.2, 0.25) is 0 Å². The summed E-state index contributed by atoms with van der Waals surface area (Å²) in [6.07, 6.45) is 0. The van der Waals surface area contributed by atoms with Gasteiger partial charge in [0.05, 0.1) is 0 Å². The first-order valence-corrected chi connectivity index (χ1v) is 8.24. The van der Waals surface area contributed by atoms with Crippen LogP contribution in [0.2, 0.25) is 0 Å². The van der Waals surface area contributed by atoms with Crippen LogP contribution in [-0.4, -0.2) is 0 Å². The Hall–Kier alpha value is -1.87. The van der Waals surface area contributed by atoms with Crippen LogP contribution in [0.15, 0.2) is 54.6 Å². The highest BCUT2D eigenvalue weighted by molar-refractivity contribution is 14.1. The van der Waals surface area contributed by atoms with E-state index in [4.69, 9.17) is 0 Å². The van der Waals surface area contributed by atoms with Crippen LogP contribution in [0.4, 0.5) is 0 Å². The molecule has 0 aliphatic rings. The Morgan fingerprint density at radius 2 is 0.905 bits per heavy atom. The predicted molar refractivity (Wildman–Crippen MR) is 100 cm³/mol. The van der Waals surface area contributed by atoms with Gasteiger partial charge in [0, 0.05) is 3.57 Å². The van der Waals surface area contributed by atoms with E-state index in [0.717, 1.165) is 0 Å². The third-order valence-electron chi connectivity index (χ3n) is 4.97. The fraction of sp³-hybridized carbons (Fsp3) is 0. The van der Waals surface area contributed by atoms with Gasteiger partial charge in [-0.3, -0.25) is 0 Å². The quantitative estimate of drug-likeness (QED) is 0.213. The molecule has 0 radical (unpaired) electrons. The number of hydrogen-bond donors (Lipinski definition) is 0. The summed E-state index contributed by atoms with van der Waals surface area (Å²) in [6, 6.07) is 20.5. The molecule has 0 bridgehead atoms. The van der Waals surface area contributed by atoms with Crippen molar-refractivity contribution in [2.24, 2.45) is 0 Å². The zero-order valence-corrected chi connectivity index (χ0v) is 13.2. The molecule has 0 saturated heterocycles. The summed E-state index contributed by atoms with van der Waals surface area (Å²) in [4.78, 5) is 0. The van der Waals surface area contributed by atoms with Gasteiger partial charge >= 0.3 is 0 Å². The van der Waals surface area contributed by atoms with Gasteiger partial charge in [0.25, 0.3) is 0 Å². The topological polar surface area (TPSA) is 0 Å². The molecule has 0 fully saturated rings. The zero-order valence-electron chi connectivity index (χ0n) is 11.1. The van der Waals surface area contributed by atoms with E-state index in [2.05, 4.69) is 77.2 Å². The van der Waals surface area contributed by atoms with Crippen molar-refractivity contribution in [1.82, 2.24) is 0 Å². The summed E-state index contributed by atoms with van der Waals surface area (Å²) in [5, 5.41) is 14.1. The Morgan fingerprint density at radius 3 is 1.52 bits per heavy atom. The van der Waals surface area contributed by atoms with Crippen LogP contribution >= 0.6 is 22.6 Å². The maximum atomic E-state index is 2.47. The van der Waals surface area contributed by atoms with E-state index in [9.17, 15) is 0 Å². The van der Waals surface area contributed by atoms with Gasteiger partial charge in [-0.1, -0.05) is 48.5 Å². The third kappa shape index (κ3) is 1.08. The molecule has 6 rings (SSSR count). The van der Waals surface area contributed by atoms with Crippen molar-refractivity contribution in [2.45, 2.75) is 0 Å². The number of benzene rings is 5. The molecule has 0 aliphatic heterocycles. The molecule has 0 aromatic heterocycles. The zero-order chi connectivity index (χ0) is 13.7. The smallest absolute Gasteiger partial charge is 0.0215 e. The normalized spacial score (nSPS) is 13.0. The van der Waals surface area contributed by atoms with Crippen LogP contribution in [0.3, 0.4) is 0 Å². The van der Waals surface area contributed by atoms with Crippen molar-refractivity contribution in [1.29, 1.82) is 0 Å². The molecule has 0 unspecified atom stereocenters. The molecule has 0 nitrogen and oxygen atoms in total. The van der Waals surface area contributed by atoms with Gasteiger partial charge in [-0.25, -0.2) is 0 Å². The lowest BCUT2D eigenvalue weighted by molar-refractivity contribution is 1.82. The third-order valence-corrected chi connectivity index (χ3v) is 5.86. The van der Waals surface area contributed by atoms with E-state index in [-0.39, 0.29) is 0 Å². The molecule has 0 saturated carbocycles. The molecule has 0 heterocycles. The molecule has 0 N–H and O–H groups in total. The lowest BCUT2D eigenvalue weighted by atomic mass is 10.00. The summed E-state index contributed by atoms with van der Waals surface area (Å²) in [5.74, 6) is 0. The monoisotopic (exact) mass is 376 g/mol. The van der Waals surface area contributed by atoms with E-state index in [1.165, 1.54) is 57.4 Å². The Balaban J connectivity index is 2.25. The van der Waals surface area contributed by atoms with Crippen molar-refractivity contribution in [3.8, 4) is 0 Å². The Kier molecular flexibility index (Phi) is 1.70. The van der Waals surface area contributed by atoms with E-state index in [1.807, 2.05) is 0 Å². The van der Waals surface area contributed by atoms with Crippen LogP contribution in [-0.2, 0) is 0 Å². The van der Waals surface area contributed by atoms with Gasteiger partial charge in [-0.15, -0.1) is 0 Å². The van der Waals surface area contributed by atoms with Crippen LogP contribution < -0.4 is 0 Å². The SMILES string of the molecule is Ic1cc2ccc3ccc4ccc5ccc1c1c5c4c3c21. The summed E-state index contributed by atoms with van der Waals surface area (Å²) >= 11 is 2.47. The molecule has 96 valence electrons. The van der Waals surface area contributed by atoms with E-state index in [0.29, 0.717) is 0 Å². The second kappa shape index (κ2) is 3.30. The highest BCUT2D eigenvalue weighted by Gasteiger charge is 2.20. The maximum absolute atomic E-state index is 2.47. The first-order valence-electron chi connectivity index (χ1n) is 7.16. The lowest BCUT2D eigenvalue weighted by Gasteiger charge is -2.06. The average molecular weight is 376 g/mol. The largest absolute Gasteiger partial charge is 0.0537 e. The van der Waals surface area contributed by atoms with Gasteiger partial charge in [-0.2, -0.15) is 0 Å². The lowest BCUT2D eigenvalue weighted by Crippen LogP contribution is -1.81. The molecule has 0 amide bonds. The summed E-state index contributed by atoms with van der Waals surface area (Å²) in [7, 11) is 0. The maximum Gasteiger partial charge on any atom is 0.0215 e. The van der Waals surface area contributed by atoms with Crippen molar-refractivity contribution in [3.05, 3.63) is 58.2 Å². The Labute approximate surface area is 134 Å². The van der Waals surface area contributed by atoms with Crippen molar-refractivity contribution >= 4 is 76.5 Å². The first kappa shape index (κ1) is 10.8. The summed E-state index contributed by atoms with van der Waals surface area (Å²) in [5.41, 5.74) is 0. The minimum atomic E-state index is 1.35. The van der Waals surface area contributed by atoms with Gasteiger partial charge in [-0.05, 0) is 82.5 Å². The minimum absolute atomic E-state index is 1.35. The van der Waals surface area contributed by atoms with Crippen molar-refractivity contribution in [3.63, 3.8) is 0 Å². The van der Waals surface area contributed by atoms with Crippen LogP contribution in [0, 0.1) is 3.57 Å². The average Bonchev–Trinajstić information content (AvgIpc) is 2.88. The fourth-order valence-electron chi connectivity index (χ4n) is 4.13. The molecular formula is C20H9I. The number of halogens is 1. The molecule has 1 heteroatoms. The van der Waals surface area contributed by atoms with Crippen LogP contribution in [0.5, 0.6) is 0 Å². The number of hydrogen-bond acceptors (Lipinski definition) is 0. The van der Waals surface area contributed by atoms with E-state index in [1.54, 1.807) is 0 Å². The van der Waals surface area contributed by atoms with Crippen LogP contribution in [0.1, 0.15) is 0 Å². The first-order chi connectivity index (χ1) is 10.3. The standard InChI is InChI=1S/C20H9I/c21-15-9-13-6-5-11-2-1-10-3-4-12-7-8-14(15)20-18(12)16(10)17(11)19(13)20/h1-9H. The second-order valence-corrected chi connectivity index (χ2v) is 7.10. The van der Waals surface area contributed by atoms with E-state index >= 15 is 0 Å². The molecule has 6 aromatic rings. The number of rotatable bonds is 0. The van der Waals surface area contributed by atoms with Gasteiger partial charge in [0.1, 0.15) is 0 Å².